The molecule has 6 heteroatoms. The zero-order chi connectivity index (χ0) is 17.4. The van der Waals surface area contributed by atoms with Crippen LogP contribution in [0, 0.1) is 5.82 Å². The molecule has 2 aromatic carbocycles. The Morgan fingerprint density at radius 1 is 1.12 bits per heavy atom. The monoisotopic (exact) mass is 349 g/mol. The summed E-state index contributed by atoms with van der Waals surface area (Å²) in [5.74, 6) is -0.788. The van der Waals surface area contributed by atoms with Crippen LogP contribution in [0.15, 0.2) is 59.5 Å². The van der Waals surface area contributed by atoms with E-state index < -0.39 is 26.5 Å². The van der Waals surface area contributed by atoms with Crippen molar-refractivity contribution in [3.05, 3.63) is 66.0 Å². The molecule has 128 valence electrons. The summed E-state index contributed by atoms with van der Waals surface area (Å²) >= 11 is 0. The Morgan fingerprint density at radius 3 is 2.33 bits per heavy atom. The van der Waals surface area contributed by atoms with Crippen LogP contribution in [0.1, 0.15) is 18.4 Å². The van der Waals surface area contributed by atoms with E-state index in [1.54, 1.807) is 42.5 Å². The average Bonchev–Trinajstić information content (AvgIpc) is 3.21. The maximum Gasteiger partial charge on any atom is 0.183 e. The third kappa shape index (κ3) is 2.85. The van der Waals surface area contributed by atoms with Gasteiger partial charge in [0.25, 0.3) is 0 Å². The number of hydrogen-bond donors (Lipinski definition) is 1. The lowest BCUT2D eigenvalue weighted by Crippen LogP contribution is -2.36. The van der Waals surface area contributed by atoms with Gasteiger partial charge >= 0.3 is 0 Å². The fourth-order valence-corrected chi connectivity index (χ4v) is 5.57. The van der Waals surface area contributed by atoms with Gasteiger partial charge in [0.1, 0.15) is 5.82 Å². The number of sulfone groups is 1. The van der Waals surface area contributed by atoms with Gasteiger partial charge in [0.05, 0.1) is 22.3 Å². The smallest absolute Gasteiger partial charge is 0.183 e. The lowest BCUT2D eigenvalue weighted by molar-refractivity contribution is 0.125. The van der Waals surface area contributed by atoms with Crippen LogP contribution in [0.3, 0.4) is 0 Å². The van der Waals surface area contributed by atoms with E-state index in [2.05, 4.69) is 0 Å². The third-order valence-electron chi connectivity index (χ3n) is 4.49. The first kappa shape index (κ1) is 17.1. The summed E-state index contributed by atoms with van der Waals surface area (Å²) in [6.07, 6.45) is 0. The number of ether oxygens (including phenoxy) is 1. The van der Waals surface area contributed by atoms with Gasteiger partial charge in [-0.2, -0.15) is 0 Å². The Kier molecular flexibility index (Phi) is 4.46. The molecule has 2 N–H and O–H groups in total. The first-order valence-electron chi connectivity index (χ1n) is 7.82. The Balaban J connectivity index is 1.99. The molecule has 0 spiro atoms. The van der Waals surface area contributed by atoms with E-state index >= 15 is 0 Å². The summed E-state index contributed by atoms with van der Waals surface area (Å²) in [7, 11) is -3.61. The summed E-state index contributed by atoms with van der Waals surface area (Å²) in [4.78, 5) is 0.242. The van der Waals surface area contributed by atoms with Crippen LogP contribution >= 0.6 is 0 Å². The summed E-state index contributed by atoms with van der Waals surface area (Å²) < 4.78 is 44.6. The van der Waals surface area contributed by atoms with E-state index in [9.17, 15) is 12.8 Å². The van der Waals surface area contributed by atoms with Crippen LogP contribution in [0.5, 0.6) is 0 Å². The van der Waals surface area contributed by atoms with E-state index in [-0.39, 0.29) is 17.3 Å². The lowest BCUT2D eigenvalue weighted by Gasteiger charge is -2.12. The van der Waals surface area contributed by atoms with Crippen molar-refractivity contribution in [2.75, 3.05) is 13.2 Å². The van der Waals surface area contributed by atoms with Crippen molar-refractivity contribution >= 4 is 9.84 Å². The standard InChI is InChI=1S/C18H20FNO3S/c1-2-23-12-18(20)16(13-8-10-14(19)11-9-13)17(18)24(21,22)15-6-4-3-5-7-15/h3-11,16-17H,2,12,20H2,1H3/t16-,17-,18+/m0/s1. The van der Waals surface area contributed by atoms with Crippen molar-refractivity contribution in [3.8, 4) is 0 Å². The van der Waals surface area contributed by atoms with Crippen LogP contribution in [0.2, 0.25) is 0 Å². The largest absolute Gasteiger partial charge is 0.380 e. The Morgan fingerprint density at radius 2 is 1.75 bits per heavy atom. The molecule has 24 heavy (non-hydrogen) atoms. The van der Waals surface area contributed by atoms with Gasteiger partial charge in [-0.15, -0.1) is 0 Å². The van der Waals surface area contributed by atoms with Crippen LogP contribution in [-0.2, 0) is 14.6 Å². The van der Waals surface area contributed by atoms with Gasteiger partial charge in [-0.05, 0) is 36.8 Å². The van der Waals surface area contributed by atoms with Gasteiger partial charge in [0, 0.05) is 12.5 Å². The maximum absolute atomic E-state index is 13.2. The molecule has 0 saturated heterocycles. The van der Waals surface area contributed by atoms with Crippen molar-refractivity contribution in [3.63, 3.8) is 0 Å². The Labute approximate surface area is 141 Å². The summed E-state index contributed by atoms with van der Waals surface area (Å²) in [6, 6.07) is 14.1. The summed E-state index contributed by atoms with van der Waals surface area (Å²) in [5.41, 5.74) is 6.12. The molecule has 0 aliphatic heterocycles. The number of halogens is 1. The topological polar surface area (TPSA) is 69.4 Å². The van der Waals surface area contributed by atoms with E-state index in [4.69, 9.17) is 10.5 Å². The molecule has 0 radical (unpaired) electrons. The minimum atomic E-state index is -3.61. The van der Waals surface area contributed by atoms with Crippen LogP contribution in [0.25, 0.3) is 0 Å². The quantitative estimate of drug-likeness (QED) is 0.870. The van der Waals surface area contributed by atoms with Crippen molar-refractivity contribution in [1.29, 1.82) is 0 Å². The minimum absolute atomic E-state index is 0.141. The predicted octanol–water partition coefficient (Wildman–Crippen LogP) is 2.50. The average molecular weight is 349 g/mol. The first-order valence-corrected chi connectivity index (χ1v) is 9.37. The molecule has 1 aliphatic carbocycles. The maximum atomic E-state index is 13.2. The zero-order valence-corrected chi connectivity index (χ0v) is 14.2. The SMILES string of the molecule is CCOC[C@@]1(N)[C@@H](c2ccc(F)cc2)[C@@H]1S(=O)(=O)c1ccccc1. The highest BCUT2D eigenvalue weighted by molar-refractivity contribution is 7.92. The fourth-order valence-electron chi connectivity index (χ4n) is 3.25. The molecule has 1 saturated carbocycles. The molecule has 3 atom stereocenters. The summed E-state index contributed by atoms with van der Waals surface area (Å²) in [6.45, 7) is 2.43. The highest BCUT2D eigenvalue weighted by Crippen LogP contribution is 2.55. The Hall–Kier alpha value is -1.76. The van der Waals surface area contributed by atoms with Gasteiger partial charge in [0.15, 0.2) is 9.84 Å². The van der Waals surface area contributed by atoms with Crippen molar-refractivity contribution in [2.24, 2.45) is 5.73 Å². The van der Waals surface area contributed by atoms with Gasteiger partial charge in [-0.1, -0.05) is 30.3 Å². The van der Waals surface area contributed by atoms with E-state index in [1.807, 2.05) is 6.92 Å². The van der Waals surface area contributed by atoms with Crippen LogP contribution in [0.4, 0.5) is 4.39 Å². The number of benzene rings is 2. The molecular weight excluding hydrogens is 329 g/mol. The van der Waals surface area contributed by atoms with E-state index in [0.29, 0.717) is 12.2 Å². The second-order valence-corrected chi connectivity index (χ2v) is 8.13. The molecule has 0 aromatic heterocycles. The van der Waals surface area contributed by atoms with E-state index in [1.165, 1.54) is 12.1 Å². The second-order valence-electron chi connectivity index (χ2n) is 6.06. The molecule has 3 rings (SSSR count). The molecular formula is C18H20FNO3S. The van der Waals surface area contributed by atoms with E-state index in [0.717, 1.165) is 0 Å². The van der Waals surface area contributed by atoms with Gasteiger partial charge in [-0.25, -0.2) is 12.8 Å². The molecule has 0 amide bonds. The van der Waals surface area contributed by atoms with Crippen molar-refractivity contribution in [1.82, 2.24) is 0 Å². The van der Waals surface area contributed by atoms with Crippen molar-refractivity contribution < 1.29 is 17.5 Å². The van der Waals surface area contributed by atoms with Gasteiger partial charge < -0.3 is 10.5 Å². The van der Waals surface area contributed by atoms with Gasteiger partial charge in [0.2, 0.25) is 0 Å². The number of hydrogen-bond acceptors (Lipinski definition) is 4. The minimum Gasteiger partial charge on any atom is -0.380 e. The normalized spacial score (nSPS) is 26.3. The highest BCUT2D eigenvalue weighted by Gasteiger charge is 2.69. The van der Waals surface area contributed by atoms with Crippen LogP contribution in [-0.4, -0.2) is 32.4 Å². The van der Waals surface area contributed by atoms with Crippen molar-refractivity contribution in [2.45, 2.75) is 28.5 Å². The predicted molar refractivity (Wildman–Crippen MR) is 90.0 cm³/mol. The Bertz CT molecular complexity index is 808. The first-order chi connectivity index (χ1) is 11.4. The van der Waals surface area contributed by atoms with Gasteiger partial charge in [-0.3, -0.25) is 0 Å². The molecule has 1 aliphatic rings. The van der Waals surface area contributed by atoms with Crippen LogP contribution < -0.4 is 5.73 Å². The molecule has 2 aromatic rings. The fraction of sp³-hybridized carbons (Fsp3) is 0.333. The number of rotatable bonds is 6. The zero-order valence-electron chi connectivity index (χ0n) is 13.4. The summed E-state index contributed by atoms with van der Waals surface area (Å²) in [5, 5.41) is -0.788. The third-order valence-corrected chi connectivity index (χ3v) is 6.80. The molecule has 0 heterocycles. The molecule has 4 nitrogen and oxygen atoms in total. The number of nitrogens with two attached hydrogens (primary N) is 1. The molecule has 0 bridgehead atoms. The molecule has 0 unspecified atom stereocenters. The second kappa shape index (κ2) is 6.27. The molecule has 1 fully saturated rings. The lowest BCUT2D eigenvalue weighted by atomic mass is 10.1. The highest BCUT2D eigenvalue weighted by atomic mass is 32.2.